The molecule has 10 nitrogen and oxygen atoms in total. The van der Waals surface area contributed by atoms with Crippen molar-refractivity contribution in [3.05, 3.63) is 76.2 Å². The first-order valence-corrected chi connectivity index (χ1v) is 15.7. The first kappa shape index (κ1) is 30.0. The Labute approximate surface area is 257 Å². The number of aromatic nitrogens is 4. The van der Waals surface area contributed by atoms with Gasteiger partial charge in [-0.15, -0.1) is 0 Å². The molecule has 0 bridgehead atoms. The highest BCUT2D eigenvalue weighted by Crippen LogP contribution is 2.30. The van der Waals surface area contributed by atoms with E-state index in [2.05, 4.69) is 43.4 Å². The van der Waals surface area contributed by atoms with Crippen molar-refractivity contribution in [3.63, 3.8) is 0 Å². The van der Waals surface area contributed by atoms with Crippen LogP contribution in [-0.4, -0.2) is 71.5 Å². The van der Waals surface area contributed by atoms with Crippen molar-refractivity contribution in [2.24, 2.45) is 0 Å². The van der Waals surface area contributed by atoms with Gasteiger partial charge in [-0.05, 0) is 81.0 Å². The molecule has 0 aliphatic carbocycles. The molecule has 2 aliphatic heterocycles. The van der Waals surface area contributed by atoms with E-state index < -0.39 is 0 Å². The fraction of sp³-hybridized carbons (Fsp3) is 0.455. The number of fused-ring (bicyclic) bond motifs is 1. The van der Waals surface area contributed by atoms with Crippen molar-refractivity contribution in [2.75, 3.05) is 61.1 Å². The topological polar surface area (TPSA) is 100 Å². The van der Waals surface area contributed by atoms with Crippen LogP contribution in [-0.2, 0) is 11.3 Å². The monoisotopic (exact) mass is 600 g/mol. The first-order chi connectivity index (χ1) is 21.4. The zero-order valence-corrected chi connectivity index (χ0v) is 25.7. The maximum absolute atomic E-state index is 15.2. The van der Waals surface area contributed by atoms with Gasteiger partial charge in [0.1, 0.15) is 17.2 Å². The molecule has 1 aromatic carbocycles. The normalized spacial score (nSPS) is 17.6. The minimum atomic E-state index is -0.303. The second kappa shape index (κ2) is 13.3. The molecule has 5 heterocycles. The quantitative estimate of drug-likeness (QED) is 0.284. The van der Waals surface area contributed by atoms with Crippen molar-refractivity contribution in [1.29, 1.82) is 0 Å². The van der Waals surface area contributed by atoms with Crippen molar-refractivity contribution in [3.8, 4) is 0 Å². The number of pyridine rings is 2. The molecule has 2 saturated heterocycles. The van der Waals surface area contributed by atoms with E-state index >= 15 is 4.39 Å². The first-order valence-electron chi connectivity index (χ1n) is 15.7. The lowest BCUT2D eigenvalue weighted by Gasteiger charge is -2.33. The predicted molar refractivity (Wildman–Crippen MR) is 173 cm³/mol. The number of benzene rings is 1. The summed E-state index contributed by atoms with van der Waals surface area (Å²) in [5.74, 6) is 0.340. The number of hydrogen-bond acceptors (Lipinski definition) is 9. The second-order valence-corrected chi connectivity index (χ2v) is 11.6. The molecule has 4 aromatic rings. The smallest absolute Gasteiger partial charge is 0.276 e. The van der Waals surface area contributed by atoms with Crippen LogP contribution in [0.15, 0.2) is 53.7 Å². The molecule has 1 atom stereocenters. The summed E-state index contributed by atoms with van der Waals surface area (Å²) in [6.45, 7) is 11.7. The van der Waals surface area contributed by atoms with Crippen molar-refractivity contribution in [1.82, 2.24) is 24.8 Å². The number of nitrogens with zero attached hydrogens (tertiary/aromatic N) is 6. The summed E-state index contributed by atoms with van der Waals surface area (Å²) >= 11 is 0. The molecular formula is C33H41FN8O2. The minimum absolute atomic E-state index is 0.117. The Morgan fingerprint density at radius 2 is 1.95 bits per heavy atom. The van der Waals surface area contributed by atoms with Crippen LogP contribution in [0.5, 0.6) is 0 Å². The number of hydrogen-bond donors (Lipinski definition) is 2. The average molecular weight is 601 g/mol. The van der Waals surface area contributed by atoms with Gasteiger partial charge in [-0.1, -0.05) is 0 Å². The van der Waals surface area contributed by atoms with Crippen LogP contribution in [0, 0.1) is 5.82 Å². The lowest BCUT2D eigenvalue weighted by Crippen LogP contribution is -2.49. The highest BCUT2D eigenvalue weighted by atomic mass is 19.1. The molecule has 11 heteroatoms. The summed E-state index contributed by atoms with van der Waals surface area (Å²) in [5.41, 5.74) is 4.31. The van der Waals surface area contributed by atoms with E-state index in [-0.39, 0.29) is 11.4 Å². The summed E-state index contributed by atoms with van der Waals surface area (Å²) < 4.78 is 22.6. The molecular weight excluding hydrogens is 559 g/mol. The minimum Gasteiger partial charge on any atom is -0.381 e. The number of rotatable bonds is 9. The lowest BCUT2D eigenvalue weighted by molar-refractivity contribution is 0.0851. The number of ether oxygens (including phenoxy) is 1. The van der Waals surface area contributed by atoms with Crippen LogP contribution in [0.4, 0.5) is 27.4 Å². The van der Waals surface area contributed by atoms with E-state index in [0.29, 0.717) is 60.3 Å². The molecule has 0 amide bonds. The Morgan fingerprint density at radius 1 is 1.14 bits per heavy atom. The SMILES string of the molecule is CCN(CC)c1cc2cnc(Nc3ccc(N4CCNC(C)C4)c(F)c3)nc2n(Cc2cnccc2C2CCOCC2)c1=O. The molecule has 6 rings (SSSR count). The maximum Gasteiger partial charge on any atom is 0.276 e. The Bertz CT molecular complexity index is 1670. The molecule has 0 spiro atoms. The molecule has 2 aliphatic rings. The molecule has 1 unspecified atom stereocenters. The highest BCUT2D eigenvalue weighted by molar-refractivity contribution is 5.80. The fourth-order valence-corrected chi connectivity index (χ4v) is 6.41. The van der Waals surface area contributed by atoms with Crippen molar-refractivity contribution < 1.29 is 9.13 Å². The van der Waals surface area contributed by atoms with Crippen LogP contribution in [0.25, 0.3) is 11.0 Å². The molecule has 0 radical (unpaired) electrons. The van der Waals surface area contributed by atoms with Gasteiger partial charge in [-0.25, -0.2) is 9.37 Å². The van der Waals surface area contributed by atoms with Gasteiger partial charge in [0.15, 0.2) is 0 Å². The van der Waals surface area contributed by atoms with E-state index in [9.17, 15) is 4.79 Å². The second-order valence-electron chi connectivity index (χ2n) is 11.6. The van der Waals surface area contributed by atoms with Crippen LogP contribution in [0.3, 0.4) is 0 Å². The average Bonchev–Trinajstić information content (AvgIpc) is 3.04. The molecule has 2 fully saturated rings. The number of nitrogens with one attached hydrogen (secondary N) is 2. The summed E-state index contributed by atoms with van der Waals surface area (Å²) in [6, 6.07) is 9.34. The van der Waals surface area contributed by atoms with Gasteiger partial charge in [0, 0.05) is 81.6 Å². The third-order valence-corrected chi connectivity index (χ3v) is 8.76. The van der Waals surface area contributed by atoms with Gasteiger partial charge in [-0.2, -0.15) is 4.98 Å². The van der Waals surface area contributed by atoms with Crippen LogP contribution in [0.1, 0.15) is 50.7 Å². The van der Waals surface area contributed by atoms with Crippen LogP contribution >= 0.6 is 0 Å². The third kappa shape index (κ3) is 6.25. The largest absolute Gasteiger partial charge is 0.381 e. The number of halogens is 1. The maximum atomic E-state index is 15.2. The molecule has 3 aromatic heterocycles. The lowest BCUT2D eigenvalue weighted by atomic mass is 9.89. The Morgan fingerprint density at radius 3 is 2.70 bits per heavy atom. The van der Waals surface area contributed by atoms with Gasteiger partial charge >= 0.3 is 0 Å². The fourth-order valence-electron chi connectivity index (χ4n) is 6.41. The molecule has 44 heavy (non-hydrogen) atoms. The van der Waals surface area contributed by atoms with E-state index in [1.807, 2.05) is 38.4 Å². The standard InChI is InChI=1S/C33H41FN8O2/c1-4-40(5-2)30-16-24-19-37-33(38-26-6-7-29(28(34)17-26)41-13-12-36-22(3)20-41)39-31(24)42(32(30)43)21-25-18-35-11-8-27(25)23-9-14-44-15-10-23/h6-8,11,16-19,22-23,36H,4-5,9-10,12-15,20-21H2,1-3H3,(H,37,38,39). The van der Waals surface area contributed by atoms with E-state index in [1.54, 1.807) is 16.8 Å². The molecule has 2 N–H and O–H groups in total. The third-order valence-electron chi connectivity index (χ3n) is 8.76. The molecule has 232 valence electrons. The number of anilines is 4. The van der Waals surface area contributed by atoms with Gasteiger partial charge in [0.2, 0.25) is 5.95 Å². The Hall–Kier alpha value is -4.09. The number of piperazine rings is 1. The van der Waals surface area contributed by atoms with Gasteiger partial charge < -0.3 is 25.2 Å². The summed E-state index contributed by atoms with van der Waals surface area (Å²) in [7, 11) is 0. The van der Waals surface area contributed by atoms with Gasteiger partial charge in [-0.3, -0.25) is 14.3 Å². The van der Waals surface area contributed by atoms with Crippen molar-refractivity contribution in [2.45, 2.75) is 52.1 Å². The van der Waals surface area contributed by atoms with E-state index in [4.69, 9.17) is 9.72 Å². The predicted octanol–water partition coefficient (Wildman–Crippen LogP) is 4.66. The summed E-state index contributed by atoms with van der Waals surface area (Å²) in [4.78, 5) is 32.0. The molecule has 0 saturated carbocycles. The highest BCUT2D eigenvalue weighted by Gasteiger charge is 2.22. The zero-order valence-electron chi connectivity index (χ0n) is 25.7. The van der Waals surface area contributed by atoms with Crippen molar-refractivity contribution >= 4 is 34.0 Å². The van der Waals surface area contributed by atoms with Gasteiger partial charge in [0.05, 0.1) is 12.2 Å². The van der Waals surface area contributed by atoms with Gasteiger partial charge in [0.25, 0.3) is 5.56 Å². The van der Waals surface area contributed by atoms with Crippen LogP contribution < -0.4 is 26.0 Å². The Balaban J connectivity index is 1.37. The summed E-state index contributed by atoms with van der Waals surface area (Å²) in [6.07, 6.45) is 7.27. The zero-order chi connectivity index (χ0) is 30.6. The summed E-state index contributed by atoms with van der Waals surface area (Å²) in [5, 5.41) is 7.31. The van der Waals surface area contributed by atoms with E-state index in [1.165, 1.54) is 11.6 Å². The van der Waals surface area contributed by atoms with E-state index in [0.717, 1.165) is 56.6 Å². The van der Waals surface area contributed by atoms with Crippen LogP contribution in [0.2, 0.25) is 0 Å². The Kier molecular flexibility index (Phi) is 9.04.